The van der Waals surface area contributed by atoms with E-state index in [0.29, 0.717) is 32.5 Å². The van der Waals surface area contributed by atoms with Crippen molar-refractivity contribution in [3.05, 3.63) is 72.2 Å². The molecular formula is C22H22N2O3. The molecule has 0 aliphatic carbocycles. The maximum absolute atomic E-state index is 13.0. The zero-order valence-electron chi connectivity index (χ0n) is 15.1. The van der Waals surface area contributed by atoms with Gasteiger partial charge in [0.05, 0.1) is 12.8 Å². The molecule has 0 spiro atoms. The van der Waals surface area contributed by atoms with Gasteiger partial charge in [-0.3, -0.25) is 9.59 Å². The third kappa shape index (κ3) is 3.72. The van der Waals surface area contributed by atoms with E-state index in [0.717, 1.165) is 22.1 Å². The fourth-order valence-electron chi connectivity index (χ4n) is 3.66. The smallest absolute Gasteiger partial charge is 0.254 e. The zero-order valence-corrected chi connectivity index (χ0v) is 15.1. The Balaban J connectivity index is 1.37. The van der Waals surface area contributed by atoms with Gasteiger partial charge in [0.25, 0.3) is 5.91 Å². The minimum absolute atomic E-state index is 0.0312. The molecule has 2 amide bonds. The molecule has 0 unspecified atom stereocenters. The molecule has 1 N–H and O–H groups in total. The average molecular weight is 362 g/mol. The molecule has 1 saturated heterocycles. The number of nitrogens with zero attached hydrogens (tertiary/aromatic N) is 1. The number of amides is 2. The molecular weight excluding hydrogens is 340 g/mol. The van der Waals surface area contributed by atoms with Gasteiger partial charge in [-0.05, 0) is 41.8 Å². The maximum atomic E-state index is 13.0. The highest BCUT2D eigenvalue weighted by molar-refractivity contribution is 6.07. The predicted octanol–water partition coefficient (Wildman–Crippen LogP) is 3.60. The zero-order chi connectivity index (χ0) is 18.6. The van der Waals surface area contributed by atoms with E-state index in [-0.39, 0.29) is 17.7 Å². The Hall–Kier alpha value is -3.08. The molecule has 0 saturated carbocycles. The van der Waals surface area contributed by atoms with Gasteiger partial charge in [0.1, 0.15) is 5.76 Å². The van der Waals surface area contributed by atoms with Crippen molar-refractivity contribution in [2.45, 2.75) is 19.4 Å². The van der Waals surface area contributed by atoms with E-state index in [1.54, 1.807) is 12.3 Å². The Morgan fingerprint density at radius 3 is 2.56 bits per heavy atom. The molecule has 1 aliphatic heterocycles. The van der Waals surface area contributed by atoms with E-state index in [1.165, 1.54) is 0 Å². The molecule has 1 aliphatic rings. The fourth-order valence-corrected chi connectivity index (χ4v) is 3.66. The summed E-state index contributed by atoms with van der Waals surface area (Å²) in [6.07, 6.45) is 2.96. The molecule has 2 heterocycles. The van der Waals surface area contributed by atoms with Crippen molar-refractivity contribution in [2.24, 2.45) is 5.92 Å². The number of nitrogens with one attached hydrogen (secondary N) is 1. The van der Waals surface area contributed by atoms with Crippen LogP contribution in [-0.2, 0) is 11.3 Å². The molecule has 0 atom stereocenters. The van der Waals surface area contributed by atoms with Gasteiger partial charge in [0.2, 0.25) is 5.91 Å². The molecule has 4 rings (SSSR count). The minimum atomic E-state index is -0.0588. The standard InChI is InChI=1S/C22H22N2O3/c25-21(23-15-18-7-4-14-27-18)17-10-12-24(13-11-17)22(26)20-9-3-6-16-5-1-2-8-19(16)20/h1-9,14,17H,10-13,15H2,(H,23,25). The van der Waals surface area contributed by atoms with Gasteiger partial charge in [0.15, 0.2) is 0 Å². The number of fused-ring (bicyclic) bond motifs is 1. The maximum Gasteiger partial charge on any atom is 0.254 e. The van der Waals surface area contributed by atoms with Gasteiger partial charge >= 0.3 is 0 Å². The van der Waals surface area contributed by atoms with Crippen LogP contribution < -0.4 is 5.32 Å². The first-order valence-corrected chi connectivity index (χ1v) is 9.29. The molecule has 3 aromatic rings. The van der Waals surface area contributed by atoms with Crippen molar-refractivity contribution in [2.75, 3.05) is 13.1 Å². The van der Waals surface area contributed by atoms with Crippen molar-refractivity contribution in [3.63, 3.8) is 0 Å². The molecule has 138 valence electrons. The lowest BCUT2D eigenvalue weighted by Crippen LogP contribution is -2.43. The second-order valence-corrected chi connectivity index (χ2v) is 6.89. The summed E-state index contributed by atoms with van der Waals surface area (Å²) in [5.74, 6) is 0.758. The third-order valence-electron chi connectivity index (χ3n) is 5.19. The number of furan rings is 1. The van der Waals surface area contributed by atoms with Gasteiger partial charge in [-0.25, -0.2) is 0 Å². The summed E-state index contributed by atoms with van der Waals surface area (Å²) in [6.45, 7) is 1.60. The van der Waals surface area contributed by atoms with Crippen LogP contribution in [0.2, 0.25) is 0 Å². The first-order valence-electron chi connectivity index (χ1n) is 9.29. The summed E-state index contributed by atoms with van der Waals surface area (Å²) < 4.78 is 5.24. The van der Waals surface area contributed by atoms with Gasteiger partial charge in [-0.15, -0.1) is 0 Å². The fraction of sp³-hybridized carbons (Fsp3) is 0.273. The quantitative estimate of drug-likeness (QED) is 0.771. The SMILES string of the molecule is O=C(NCc1ccco1)C1CCN(C(=O)c2cccc3ccccc23)CC1. The third-order valence-corrected chi connectivity index (χ3v) is 5.19. The van der Waals surface area contributed by atoms with E-state index in [9.17, 15) is 9.59 Å². The van der Waals surface area contributed by atoms with Gasteiger partial charge in [-0.1, -0.05) is 36.4 Å². The van der Waals surface area contributed by atoms with Crippen molar-refractivity contribution < 1.29 is 14.0 Å². The minimum Gasteiger partial charge on any atom is -0.467 e. The number of carbonyl (C=O) groups is 2. The second-order valence-electron chi connectivity index (χ2n) is 6.89. The summed E-state index contributed by atoms with van der Waals surface area (Å²) in [6, 6.07) is 17.4. The van der Waals surface area contributed by atoms with Crippen LogP contribution in [-0.4, -0.2) is 29.8 Å². The summed E-state index contributed by atoms with van der Waals surface area (Å²) in [4.78, 5) is 27.2. The average Bonchev–Trinajstić information content (AvgIpc) is 3.25. The van der Waals surface area contributed by atoms with E-state index >= 15 is 0 Å². The van der Waals surface area contributed by atoms with Crippen LogP contribution in [0.5, 0.6) is 0 Å². The lowest BCUT2D eigenvalue weighted by Gasteiger charge is -2.31. The van der Waals surface area contributed by atoms with Crippen molar-refractivity contribution in [1.82, 2.24) is 10.2 Å². The van der Waals surface area contributed by atoms with Gasteiger partial charge < -0.3 is 14.6 Å². The molecule has 1 fully saturated rings. The van der Waals surface area contributed by atoms with Crippen LogP contribution in [0, 0.1) is 5.92 Å². The van der Waals surface area contributed by atoms with Gasteiger partial charge in [0, 0.05) is 24.6 Å². The Labute approximate surface area is 158 Å². The van der Waals surface area contributed by atoms with Crippen LogP contribution in [0.15, 0.2) is 65.3 Å². The highest BCUT2D eigenvalue weighted by atomic mass is 16.3. The molecule has 0 radical (unpaired) electrons. The summed E-state index contributed by atoms with van der Waals surface area (Å²) >= 11 is 0. The predicted molar refractivity (Wildman–Crippen MR) is 103 cm³/mol. The number of carbonyl (C=O) groups excluding carboxylic acids is 2. The lowest BCUT2D eigenvalue weighted by molar-refractivity contribution is -0.126. The number of rotatable bonds is 4. The molecule has 27 heavy (non-hydrogen) atoms. The van der Waals surface area contributed by atoms with Crippen LogP contribution in [0.25, 0.3) is 10.8 Å². The Morgan fingerprint density at radius 1 is 1.00 bits per heavy atom. The van der Waals surface area contributed by atoms with Crippen molar-refractivity contribution >= 4 is 22.6 Å². The second kappa shape index (κ2) is 7.66. The monoisotopic (exact) mass is 362 g/mol. The summed E-state index contributed by atoms with van der Waals surface area (Å²) in [5.41, 5.74) is 0.730. The normalized spacial score (nSPS) is 15.0. The molecule has 5 nitrogen and oxygen atoms in total. The number of likely N-dealkylation sites (tertiary alicyclic amines) is 1. The van der Waals surface area contributed by atoms with E-state index in [4.69, 9.17) is 4.42 Å². The Bertz CT molecular complexity index is 936. The van der Waals surface area contributed by atoms with Crippen LogP contribution in [0.3, 0.4) is 0 Å². The molecule has 1 aromatic heterocycles. The topological polar surface area (TPSA) is 62.6 Å². The van der Waals surface area contributed by atoms with Gasteiger partial charge in [-0.2, -0.15) is 0 Å². The van der Waals surface area contributed by atoms with E-state index < -0.39 is 0 Å². The first-order chi connectivity index (χ1) is 13.2. The Kier molecular flexibility index (Phi) is 4.92. The molecule has 0 bridgehead atoms. The highest BCUT2D eigenvalue weighted by Crippen LogP contribution is 2.23. The number of hydrogen-bond acceptors (Lipinski definition) is 3. The molecule has 5 heteroatoms. The summed E-state index contributed by atoms with van der Waals surface area (Å²) in [7, 11) is 0. The van der Waals surface area contributed by atoms with Crippen LogP contribution in [0.4, 0.5) is 0 Å². The number of hydrogen-bond donors (Lipinski definition) is 1. The number of piperidine rings is 1. The Morgan fingerprint density at radius 2 is 1.78 bits per heavy atom. The van der Waals surface area contributed by atoms with Crippen LogP contribution >= 0.6 is 0 Å². The largest absolute Gasteiger partial charge is 0.467 e. The van der Waals surface area contributed by atoms with Crippen LogP contribution in [0.1, 0.15) is 29.0 Å². The van der Waals surface area contributed by atoms with E-state index in [2.05, 4.69) is 5.32 Å². The van der Waals surface area contributed by atoms with Crippen molar-refractivity contribution in [3.8, 4) is 0 Å². The van der Waals surface area contributed by atoms with E-state index in [1.807, 2.05) is 53.4 Å². The van der Waals surface area contributed by atoms with Crippen molar-refractivity contribution in [1.29, 1.82) is 0 Å². The highest BCUT2D eigenvalue weighted by Gasteiger charge is 2.28. The first kappa shape index (κ1) is 17.3. The number of benzene rings is 2. The lowest BCUT2D eigenvalue weighted by atomic mass is 9.95. The molecule has 2 aromatic carbocycles. The summed E-state index contributed by atoms with van der Waals surface area (Å²) in [5, 5.41) is 4.96.